The average molecular weight is 416 g/mol. The number of aromatic nitrogens is 1. The predicted molar refractivity (Wildman–Crippen MR) is 126 cm³/mol. The zero-order valence-corrected chi connectivity index (χ0v) is 18.8. The van der Waals surface area contributed by atoms with Crippen molar-refractivity contribution in [3.63, 3.8) is 0 Å². The molecule has 0 bridgehead atoms. The van der Waals surface area contributed by atoms with E-state index in [0.717, 1.165) is 35.5 Å². The summed E-state index contributed by atoms with van der Waals surface area (Å²) in [5.41, 5.74) is 1.57. The van der Waals surface area contributed by atoms with Crippen LogP contribution in [-0.4, -0.2) is 19.0 Å². The van der Waals surface area contributed by atoms with Crippen molar-refractivity contribution in [3.05, 3.63) is 66.9 Å². The van der Waals surface area contributed by atoms with Crippen LogP contribution < -0.4 is 10.5 Å². The Balaban J connectivity index is 1.72. The van der Waals surface area contributed by atoms with Gasteiger partial charge in [-0.05, 0) is 30.9 Å². The first-order valence-corrected chi connectivity index (χ1v) is 13.8. The summed E-state index contributed by atoms with van der Waals surface area (Å²) >= 11 is 0. The molecule has 0 radical (unpaired) electrons. The SMILES string of the molecule is C[Si](C)(CC(CCCC#N)CC(=O)Nc1cccc2cccnc12)c1ccccc1. The van der Waals surface area contributed by atoms with Crippen LogP contribution in [0, 0.1) is 17.2 Å². The molecule has 1 heterocycles. The van der Waals surface area contributed by atoms with Crippen LogP contribution in [0.4, 0.5) is 5.69 Å². The van der Waals surface area contributed by atoms with E-state index in [1.54, 1.807) is 6.20 Å². The quantitative estimate of drug-likeness (QED) is 0.371. The van der Waals surface area contributed by atoms with Crippen molar-refractivity contribution in [1.29, 1.82) is 5.26 Å². The maximum atomic E-state index is 12.9. The molecule has 1 N–H and O–H groups in total. The molecule has 0 saturated carbocycles. The van der Waals surface area contributed by atoms with Gasteiger partial charge in [-0.1, -0.05) is 72.9 Å². The van der Waals surface area contributed by atoms with Gasteiger partial charge in [0, 0.05) is 24.4 Å². The monoisotopic (exact) mass is 415 g/mol. The van der Waals surface area contributed by atoms with Gasteiger partial charge in [0.05, 0.1) is 25.3 Å². The Hall–Kier alpha value is -2.97. The van der Waals surface area contributed by atoms with E-state index < -0.39 is 8.07 Å². The second-order valence-electron chi connectivity index (χ2n) is 8.50. The normalized spacial score (nSPS) is 12.3. The Bertz CT molecular complexity index is 1020. The number of unbranched alkanes of at least 4 members (excludes halogenated alkanes) is 1. The van der Waals surface area contributed by atoms with Gasteiger partial charge in [0.2, 0.25) is 5.91 Å². The predicted octanol–water partition coefficient (Wildman–Crippen LogP) is 5.49. The first-order chi connectivity index (χ1) is 14.5. The van der Waals surface area contributed by atoms with E-state index in [1.165, 1.54) is 5.19 Å². The van der Waals surface area contributed by atoms with Gasteiger partial charge in [0.15, 0.2) is 0 Å². The largest absolute Gasteiger partial charge is 0.324 e. The molecule has 4 nitrogen and oxygen atoms in total. The Morgan fingerprint density at radius 3 is 2.63 bits per heavy atom. The van der Waals surface area contributed by atoms with E-state index in [4.69, 9.17) is 5.26 Å². The molecule has 1 atom stereocenters. The Kier molecular flexibility index (Phi) is 7.37. The minimum absolute atomic E-state index is 0.0213. The van der Waals surface area contributed by atoms with Crippen molar-refractivity contribution in [2.24, 2.45) is 5.92 Å². The van der Waals surface area contributed by atoms with Crippen LogP contribution >= 0.6 is 0 Å². The van der Waals surface area contributed by atoms with E-state index in [9.17, 15) is 4.79 Å². The number of rotatable bonds is 9. The summed E-state index contributed by atoms with van der Waals surface area (Å²) in [7, 11) is -1.68. The maximum Gasteiger partial charge on any atom is 0.224 e. The lowest BCUT2D eigenvalue weighted by Gasteiger charge is -2.28. The number of nitriles is 1. The van der Waals surface area contributed by atoms with Gasteiger partial charge in [-0.2, -0.15) is 5.26 Å². The van der Waals surface area contributed by atoms with Crippen LogP contribution in [0.15, 0.2) is 66.9 Å². The number of nitrogens with zero attached hydrogens (tertiary/aromatic N) is 2. The second kappa shape index (κ2) is 10.2. The van der Waals surface area contributed by atoms with Crippen LogP contribution in [-0.2, 0) is 4.79 Å². The Morgan fingerprint density at radius 2 is 1.87 bits per heavy atom. The Labute approximate surface area is 180 Å². The molecule has 30 heavy (non-hydrogen) atoms. The molecule has 154 valence electrons. The smallest absolute Gasteiger partial charge is 0.224 e. The zero-order chi connectivity index (χ0) is 21.4. The number of anilines is 1. The van der Waals surface area contributed by atoms with Crippen molar-refractivity contribution < 1.29 is 4.79 Å². The standard InChI is InChI=1S/C25H29N3OSi/c1-30(2,22-13-4-3-5-14-22)19-20(10-6-7-16-26)18-24(29)28-23-15-8-11-21-12-9-17-27-25(21)23/h3-5,8-9,11-15,17,20H,6-7,10,18-19H2,1-2H3,(H,28,29). The van der Waals surface area contributed by atoms with Crippen LogP contribution in [0.1, 0.15) is 25.7 Å². The number of hydrogen-bond donors (Lipinski definition) is 1. The zero-order valence-electron chi connectivity index (χ0n) is 17.8. The van der Waals surface area contributed by atoms with Crippen molar-refractivity contribution in [2.75, 3.05) is 5.32 Å². The number of nitrogens with one attached hydrogen (secondary N) is 1. The maximum absolute atomic E-state index is 12.9. The third-order valence-corrected chi connectivity index (χ3v) is 9.13. The lowest BCUT2D eigenvalue weighted by molar-refractivity contribution is -0.117. The van der Waals surface area contributed by atoms with Crippen molar-refractivity contribution in [1.82, 2.24) is 4.98 Å². The molecule has 5 heteroatoms. The van der Waals surface area contributed by atoms with Gasteiger partial charge in [0.25, 0.3) is 0 Å². The summed E-state index contributed by atoms with van der Waals surface area (Å²) < 4.78 is 0. The van der Waals surface area contributed by atoms with Crippen LogP contribution in [0.3, 0.4) is 0 Å². The van der Waals surface area contributed by atoms with E-state index in [1.807, 2.05) is 36.4 Å². The number of carbonyl (C=O) groups is 1. The van der Waals surface area contributed by atoms with Gasteiger partial charge in [-0.3, -0.25) is 9.78 Å². The van der Waals surface area contributed by atoms with E-state index in [2.05, 4.69) is 53.7 Å². The lowest BCUT2D eigenvalue weighted by atomic mass is 10.00. The first kappa shape index (κ1) is 21.7. The number of amides is 1. The van der Waals surface area contributed by atoms with Crippen LogP contribution in [0.2, 0.25) is 19.1 Å². The summed E-state index contributed by atoms with van der Waals surface area (Å²) in [5.74, 6) is 0.288. The molecule has 2 aromatic carbocycles. The highest BCUT2D eigenvalue weighted by Gasteiger charge is 2.28. The molecular weight excluding hydrogens is 386 g/mol. The van der Waals surface area contributed by atoms with E-state index >= 15 is 0 Å². The fourth-order valence-electron chi connectivity index (χ4n) is 4.14. The molecule has 0 aliphatic rings. The fourth-order valence-corrected chi connectivity index (χ4v) is 7.27. The second-order valence-corrected chi connectivity index (χ2v) is 13.3. The number of carbonyl (C=O) groups excluding carboxylic acids is 1. The number of fused-ring (bicyclic) bond motifs is 1. The third-order valence-electron chi connectivity index (χ3n) is 5.64. The molecular formula is C25H29N3OSi. The van der Waals surface area contributed by atoms with Crippen LogP contribution in [0.25, 0.3) is 10.9 Å². The summed E-state index contributed by atoms with van der Waals surface area (Å²) in [6, 6.07) is 23.6. The molecule has 0 spiro atoms. The summed E-state index contributed by atoms with van der Waals surface area (Å²) in [6.45, 7) is 4.73. The molecule has 1 amide bonds. The number of benzene rings is 2. The van der Waals surface area contributed by atoms with E-state index in [-0.39, 0.29) is 11.8 Å². The summed E-state index contributed by atoms with van der Waals surface area (Å²) in [5, 5.41) is 14.4. The molecule has 3 aromatic rings. The van der Waals surface area contributed by atoms with Gasteiger partial charge in [0.1, 0.15) is 0 Å². The van der Waals surface area contributed by atoms with Gasteiger partial charge in [-0.15, -0.1) is 0 Å². The van der Waals surface area contributed by atoms with Gasteiger partial charge >= 0.3 is 0 Å². The number of pyridine rings is 1. The third kappa shape index (κ3) is 5.77. The highest BCUT2D eigenvalue weighted by Crippen LogP contribution is 2.27. The fraction of sp³-hybridized carbons (Fsp3) is 0.320. The molecule has 0 fully saturated rings. The minimum Gasteiger partial charge on any atom is -0.324 e. The summed E-state index contributed by atoms with van der Waals surface area (Å²) in [6.07, 6.45) is 4.49. The summed E-state index contributed by atoms with van der Waals surface area (Å²) in [4.78, 5) is 17.4. The molecule has 0 saturated heterocycles. The Morgan fingerprint density at radius 1 is 1.10 bits per heavy atom. The van der Waals surface area contributed by atoms with Crippen molar-refractivity contribution in [3.8, 4) is 6.07 Å². The molecule has 0 aliphatic carbocycles. The van der Waals surface area contributed by atoms with Crippen molar-refractivity contribution >= 4 is 35.8 Å². The lowest BCUT2D eigenvalue weighted by Crippen LogP contribution is -2.43. The number of para-hydroxylation sites is 1. The first-order valence-electron chi connectivity index (χ1n) is 10.6. The molecule has 3 rings (SSSR count). The van der Waals surface area contributed by atoms with Crippen molar-refractivity contribution in [2.45, 2.75) is 44.8 Å². The van der Waals surface area contributed by atoms with Gasteiger partial charge in [-0.25, -0.2) is 0 Å². The van der Waals surface area contributed by atoms with Gasteiger partial charge < -0.3 is 5.32 Å². The highest BCUT2D eigenvalue weighted by molar-refractivity contribution is 6.89. The highest BCUT2D eigenvalue weighted by atomic mass is 28.3. The average Bonchev–Trinajstić information content (AvgIpc) is 2.74. The van der Waals surface area contributed by atoms with E-state index in [0.29, 0.717) is 12.8 Å². The molecule has 1 unspecified atom stereocenters. The molecule has 1 aromatic heterocycles. The number of hydrogen-bond acceptors (Lipinski definition) is 3. The van der Waals surface area contributed by atoms with Crippen LogP contribution in [0.5, 0.6) is 0 Å². The topological polar surface area (TPSA) is 65.8 Å². The molecule has 0 aliphatic heterocycles. The minimum atomic E-state index is -1.68.